The lowest BCUT2D eigenvalue weighted by Crippen LogP contribution is -2.38. The molecule has 0 spiro atoms. The van der Waals surface area contributed by atoms with Crippen LogP contribution in [-0.2, 0) is 31.0 Å². The molecule has 2 aromatic rings. The van der Waals surface area contributed by atoms with E-state index < -0.39 is 15.9 Å². The molecule has 3 amide bonds. The number of likely N-dealkylation sites (N-methyl/N-ethyl adjacent to an activating group) is 1. The smallest absolute Gasteiger partial charge is 0.243 e. The van der Waals surface area contributed by atoms with Crippen molar-refractivity contribution in [2.75, 3.05) is 24.2 Å². The number of hydrogen-bond donors (Lipinski definition) is 3. The number of nitrogens with one attached hydrogen (secondary N) is 3. The van der Waals surface area contributed by atoms with Crippen LogP contribution in [-0.4, -0.2) is 44.0 Å². The predicted octanol–water partition coefficient (Wildman–Crippen LogP) is 2.57. The molecule has 0 unspecified atom stereocenters. The van der Waals surface area contributed by atoms with Crippen LogP contribution >= 0.6 is 0 Å². The number of benzene rings is 2. The molecule has 0 radical (unpaired) electrons. The summed E-state index contributed by atoms with van der Waals surface area (Å²) in [5, 5.41) is 8.08. The zero-order valence-corrected chi connectivity index (χ0v) is 20.0. The quantitative estimate of drug-likeness (QED) is 0.488. The Kier molecular flexibility index (Phi) is 9.12. The van der Waals surface area contributed by atoms with Gasteiger partial charge in [-0.2, -0.15) is 4.31 Å². The summed E-state index contributed by atoms with van der Waals surface area (Å²) in [4.78, 5) is 35.4. The normalized spacial score (nSPS) is 11.3. The molecular formula is C23H30N4O5S. The second kappa shape index (κ2) is 11.6. The molecule has 0 aliphatic rings. The highest BCUT2D eigenvalue weighted by atomic mass is 32.2. The SMILES string of the molecule is CC(=O)Nc1ccc(S(=O)(=O)N(C)CC(=O)NCc2cccc(NC(=O)CC(C)C)c2)cc1. The van der Waals surface area contributed by atoms with Crippen molar-refractivity contribution in [1.82, 2.24) is 9.62 Å². The Morgan fingerprint density at radius 1 is 0.939 bits per heavy atom. The van der Waals surface area contributed by atoms with Crippen molar-refractivity contribution in [2.45, 2.75) is 38.6 Å². The minimum Gasteiger partial charge on any atom is -0.351 e. The van der Waals surface area contributed by atoms with Gasteiger partial charge in [-0.05, 0) is 47.9 Å². The summed E-state index contributed by atoms with van der Waals surface area (Å²) < 4.78 is 26.4. The van der Waals surface area contributed by atoms with Gasteiger partial charge in [0.1, 0.15) is 0 Å². The molecule has 0 heterocycles. The Morgan fingerprint density at radius 2 is 1.61 bits per heavy atom. The van der Waals surface area contributed by atoms with E-state index in [1.54, 1.807) is 24.3 Å². The van der Waals surface area contributed by atoms with Crippen LogP contribution in [0.1, 0.15) is 32.8 Å². The number of carbonyl (C=O) groups excluding carboxylic acids is 3. The molecule has 178 valence electrons. The maximum absolute atomic E-state index is 12.7. The van der Waals surface area contributed by atoms with Crippen LogP contribution in [0.5, 0.6) is 0 Å². The van der Waals surface area contributed by atoms with Crippen molar-refractivity contribution in [1.29, 1.82) is 0 Å². The van der Waals surface area contributed by atoms with E-state index in [4.69, 9.17) is 0 Å². The fourth-order valence-electron chi connectivity index (χ4n) is 2.98. The number of rotatable bonds is 10. The van der Waals surface area contributed by atoms with Gasteiger partial charge in [0.2, 0.25) is 27.7 Å². The Labute approximate surface area is 194 Å². The Hall–Kier alpha value is -3.24. The van der Waals surface area contributed by atoms with E-state index in [-0.39, 0.29) is 35.7 Å². The number of sulfonamides is 1. The molecule has 0 aliphatic carbocycles. The van der Waals surface area contributed by atoms with Gasteiger partial charge in [-0.3, -0.25) is 14.4 Å². The Balaban J connectivity index is 1.93. The minimum atomic E-state index is -3.88. The van der Waals surface area contributed by atoms with Crippen LogP contribution in [0.3, 0.4) is 0 Å². The third-order valence-electron chi connectivity index (χ3n) is 4.54. The van der Waals surface area contributed by atoms with Crippen LogP contribution < -0.4 is 16.0 Å². The molecule has 33 heavy (non-hydrogen) atoms. The molecule has 0 fully saturated rings. The van der Waals surface area contributed by atoms with Crippen molar-refractivity contribution in [3.8, 4) is 0 Å². The molecule has 0 saturated heterocycles. The molecule has 3 N–H and O–H groups in total. The van der Waals surface area contributed by atoms with Crippen LogP contribution in [0.4, 0.5) is 11.4 Å². The number of amides is 3. The van der Waals surface area contributed by atoms with Crippen molar-refractivity contribution in [2.24, 2.45) is 5.92 Å². The highest BCUT2D eigenvalue weighted by molar-refractivity contribution is 7.89. The maximum Gasteiger partial charge on any atom is 0.243 e. The summed E-state index contributed by atoms with van der Waals surface area (Å²) in [6.07, 6.45) is 0.414. The third kappa shape index (κ3) is 8.32. The lowest BCUT2D eigenvalue weighted by molar-refractivity contribution is -0.121. The summed E-state index contributed by atoms with van der Waals surface area (Å²) in [5.74, 6) is -0.563. The van der Waals surface area contributed by atoms with E-state index in [0.717, 1.165) is 9.87 Å². The van der Waals surface area contributed by atoms with Crippen molar-refractivity contribution in [3.05, 3.63) is 54.1 Å². The zero-order valence-electron chi connectivity index (χ0n) is 19.2. The van der Waals surface area contributed by atoms with E-state index >= 15 is 0 Å². The van der Waals surface area contributed by atoms with Crippen LogP contribution in [0, 0.1) is 5.92 Å². The predicted molar refractivity (Wildman–Crippen MR) is 127 cm³/mol. The average molecular weight is 475 g/mol. The second-order valence-electron chi connectivity index (χ2n) is 8.09. The number of nitrogens with zero attached hydrogens (tertiary/aromatic N) is 1. The summed E-state index contributed by atoms with van der Waals surface area (Å²) >= 11 is 0. The molecule has 9 nitrogen and oxygen atoms in total. The number of hydrogen-bond acceptors (Lipinski definition) is 5. The lowest BCUT2D eigenvalue weighted by Gasteiger charge is -2.17. The molecule has 0 aliphatic heterocycles. The standard InChI is InChI=1S/C23H30N4O5S/c1-16(2)12-22(29)26-20-7-5-6-18(13-20)14-24-23(30)15-27(4)33(31,32)21-10-8-19(9-11-21)25-17(3)28/h5-11,13,16H,12,14-15H2,1-4H3,(H,24,30)(H,25,28)(H,26,29). The van der Waals surface area contributed by atoms with E-state index in [2.05, 4.69) is 16.0 Å². The maximum atomic E-state index is 12.7. The third-order valence-corrected chi connectivity index (χ3v) is 6.36. The van der Waals surface area contributed by atoms with Crippen molar-refractivity contribution in [3.63, 3.8) is 0 Å². The molecule has 0 atom stereocenters. The zero-order chi connectivity index (χ0) is 24.6. The van der Waals surface area contributed by atoms with E-state index in [0.29, 0.717) is 17.8 Å². The van der Waals surface area contributed by atoms with Crippen LogP contribution in [0.2, 0.25) is 0 Å². The molecule has 2 rings (SSSR count). The summed E-state index contributed by atoms with van der Waals surface area (Å²) in [7, 11) is -2.56. The molecule has 0 aromatic heterocycles. The largest absolute Gasteiger partial charge is 0.351 e. The van der Waals surface area contributed by atoms with Crippen LogP contribution in [0.25, 0.3) is 0 Å². The Bertz CT molecular complexity index is 1100. The van der Waals surface area contributed by atoms with Crippen molar-refractivity contribution < 1.29 is 22.8 Å². The monoisotopic (exact) mass is 474 g/mol. The van der Waals surface area contributed by atoms with Gasteiger partial charge in [0.25, 0.3) is 0 Å². The summed E-state index contributed by atoms with van der Waals surface area (Å²) in [5.41, 5.74) is 1.88. The highest BCUT2D eigenvalue weighted by Crippen LogP contribution is 2.17. The topological polar surface area (TPSA) is 125 Å². The van der Waals surface area contributed by atoms with E-state index in [9.17, 15) is 22.8 Å². The first-order chi connectivity index (χ1) is 15.5. The fourth-order valence-corrected chi connectivity index (χ4v) is 4.11. The first kappa shape index (κ1) is 26.0. The average Bonchev–Trinajstić information content (AvgIpc) is 2.72. The van der Waals surface area contributed by atoms with Gasteiger partial charge in [0.15, 0.2) is 0 Å². The molecular weight excluding hydrogens is 444 g/mol. The van der Waals surface area contributed by atoms with Gasteiger partial charge in [0, 0.05) is 38.3 Å². The van der Waals surface area contributed by atoms with Gasteiger partial charge in [-0.1, -0.05) is 26.0 Å². The Morgan fingerprint density at radius 3 is 2.21 bits per heavy atom. The first-order valence-electron chi connectivity index (χ1n) is 10.5. The van der Waals surface area contributed by atoms with Gasteiger partial charge >= 0.3 is 0 Å². The molecule has 0 bridgehead atoms. The fraction of sp³-hybridized carbons (Fsp3) is 0.348. The summed E-state index contributed by atoms with van der Waals surface area (Å²) in [6.45, 7) is 5.11. The molecule has 0 saturated carbocycles. The number of carbonyl (C=O) groups is 3. The molecule has 2 aromatic carbocycles. The van der Waals surface area contributed by atoms with Gasteiger partial charge in [0.05, 0.1) is 11.4 Å². The first-order valence-corrected chi connectivity index (χ1v) is 11.9. The van der Waals surface area contributed by atoms with E-state index in [1.807, 2.05) is 13.8 Å². The van der Waals surface area contributed by atoms with Crippen LogP contribution in [0.15, 0.2) is 53.4 Å². The van der Waals surface area contributed by atoms with Crippen molar-refractivity contribution >= 4 is 39.1 Å². The van der Waals surface area contributed by atoms with Gasteiger partial charge in [-0.15, -0.1) is 0 Å². The van der Waals surface area contributed by atoms with Gasteiger partial charge in [-0.25, -0.2) is 8.42 Å². The highest BCUT2D eigenvalue weighted by Gasteiger charge is 2.23. The lowest BCUT2D eigenvalue weighted by atomic mass is 10.1. The molecule has 10 heteroatoms. The second-order valence-corrected chi connectivity index (χ2v) is 10.1. The number of anilines is 2. The summed E-state index contributed by atoms with van der Waals surface area (Å²) in [6, 6.07) is 12.8. The van der Waals surface area contributed by atoms with Gasteiger partial charge < -0.3 is 16.0 Å². The minimum absolute atomic E-state index is 0.0109. The van der Waals surface area contributed by atoms with E-state index in [1.165, 1.54) is 38.2 Å².